The van der Waals surface area contributed by atoms with E-state index in [-0.39, 0.29) is 24.4 Å². The number of fused-ring (bicyclic) bond motifs is 5. The van der Waals surface area contributed by atoms with Gasteiger partial charge in [0.25, 0.3) is 11.8 Å². The van der Waals surface area contributed by atoms with Crippen LogP contribution in [0.2, 0.25) is 5.02 Å². The lowest BCUT2D eigenvalue weighted by Gasteiger charge is -2.34. The van der Waals surface area contributed by atoms with E-state index in [2.05, 4.69) is 0 Å². The van der Waals surface area contributed by atoms with Gasteiger partial charge in [-0.1, -0.05) is 60.1 Å². The lowest BCUT2D eigenvalue weighted by atomic mass is 9.83. The number of ether oxygens (including phenoxy) is 2. The zero-order chi connectivity index (χ0) is 30.6. The summed E-state index contributed by atoms with van der Waals surface area (Å²) in [4.78, 5) is 46.7. The van der Waals surface area contributed by atoms with E-state index in [4.69, 9.17) is 25.5 Å². The molecule has 4 aromatic carbocycles. The fourth-order valence-electron chi connectivity index (χ4n) is 6.44. The second kappa shape index (κ2) is 10.6. The minimum absolute atomic E-state index is 0.0459. The Morgan fingerprint density at radius 3 is 2.30 bits per heavy atom. The Morgan fingerprint density at radius 2 is 1.52 bits per heavy atom. The van der Waals surface area contributed by atoms with Crippen molar-refractivity contribution in [3.63, 3.8) is 0 Å². The summed E-state index contributed by atoms with van der Waals surface area (Å²) >= 11 is 6.13. The number of halogens is 1. The molecule has 5 aromatic rings. The first-order valence-corrected chi connectivity index (χ1v) is 14.5. The van der Waals surface area contributed by atoms with Crippen molar-refractivity contribution in [2.24, 2.45) is 0 Å². The van der Waals surface area contributed by atoms with Crippen molar-refractivity contribution in [2.75, 3.05) is 25.7 Å². The first-order valence-electron chi connectivity index (χ1n) is 14.1. The summed E-state index contributed by atoms with van der Waals surface area (Å²) in [5.41, 5.74) is 1.11. The Balaban J connectivity index is 1.41. The summed E-state index contributed by atoms with van der Waals surface area (Å²) < 4.78 is 17.0. The Morgan fingerprint density at radius 1 is 0.818 bits per heavy atom. The standard InChI is InChI=1S/C35H27ClN2O6/c1-42-28-16-13-21(19-29(28)43-2)17-18-38-33(40)32-30(31(39)24-7-3-6-10-27(24)44-32)35(38)25-8-4-5-9-26(25)37(34(35)41)20-22-11-14-23(36)15-12-22/h3-16,19H,17-18,20H2,1-2H3. The van der Waals surface area contributed by atoms with E-state index in [9.17, 15) is 14.4 Å². The molecule has 7 rings (SSSR count). The van der Waals surface area contributed by atoms with Crippen LogP contribution >= 0.6 is 11.6 Å². The average molecular weight is 607 g/mol. The monoisotopic (exact) mass is 606 g/mol. The normalized spacial score (nSPS) is 17.0. The third kappa shape index (κ3) is 4.02. The molecule has 9 heteroatoms. The van der Waals surface area contributed by atoms with Crippen molar-refractivity contribution in [3.05, 3.63) is 134 Å². The van der Waals surface area contributed by atoms with E-state index in [0.717, 1.165) is 11.1 Å². The minimum Gasteiger partial charge on any atom is -0.493 e. The molecule has 0 bridgehead atoms. The van der Waals surface area contributed by atoms with Crippen LogP contribution in [0.5, 0.6) is 11.5 Å². The van der Waals surface area contributed by atoms with Gasteiger partial charge in [0, 0.05) is 17.1 Å². The predicted octanol–water partition coefficient (Wildman–Crippen LogP) is 5.95. The van der Waals surface area contributed by atoms with Crippen LogP contribution in [0.4, 0.5) is 5.69 Å². The lowest BCUT2D eigenvalue weighted by Crippen LogP contribution is -2.53. The number of anilines is 1. The van der Waals surface area contributed by atoms with Gasteiger partial charge in [0.2, 0.25) is 5.76 Å². The van der Waals surface area contributed by atoms with Crippen LogP contribution in [0.25, 0.3) is 11.0 Å². The molecular formula is C35H27ClN2O6. The smallest absolute Gasteiger partial charge is 0.291 e. The van der Waals surface area contributed by atoms with E-state index in [1.165, 1.54) is 4.90 Å². The third-order valence-corrected chi connectivity index (χ3v) is 8.72. The van der Waals surface area contributed by atoms with Gasteiger partial charge in [-0.05, 0) is 60.0 Å². The Kier molecular flexibility index (Phi) is 6.66. The lowest BCUT2D eigenvalue weighted by molar-refractivity contribution is -0.126. The van der Waals surface area contributed by atoms with Gasteiger partial charge in [0.1, 0.15) is 5.58 Å². The first-order chi connectivity index (χ1) is 21.4. The van der Waals surface area contributed by atoms with Crippen LogP contribution < -0.4 is 19.8 Å². The van der Waals surface area contributed by atoms with Gasteiger partial charge in [0.05, 0.1) is 37.4 Å². The molecule has 8 nitrogen and oxygen atoms in total. The molecule has 44 heavy (non-hydrogen) atoms. The Hall–Kier alpha value is -5.08. The number of rotatable bonds is 7. The molecular weight excluding hydrogens is 580 g/mol. The van der Waals surface area contributed by atoms with Gasteiger partial charge in [-0.3, -0.25) is 14.4 Å². The quantitative estimate of drug-likeness (QED) is 0.227. The summed E-state index contributed by atoms with van der Waals surface area (Å²) in [5.74, 6) is 0.111. The largest absolute Gasteiger partial charge is 0.493 e. The average Bonchev–Trinajstić information content (AvgIpc) is 3.44. The topological polar surface area (TPSA) is 89.3 Å². The zero-order valence-corrected chi connectivity index (χ0v) is 24.8. The highest BCUT2D eigenvalue weighted by atomic mass is 35.5. The summed E-state index contributed by atoms with van der Waals surface area (Å²) in [6.07, 6.45) is 0.377. The molecule has 0 radical (unpaired) electrons. The number of methoxy groups -OCH3 is 2. The molecule has 2 aliphatic heterocycles. The second-order valence-electron chi connectivity index (χ2n) is 10.8. The van der Waals surface area contributed by atoms with Crippen LogP contribution in [0, 0.1) is 0 Å². The van der Waals surface area contributed by atoms with E-state index in [0.29, 0.717) is 45.2 Å². The number of para-hydroxylation sites is 2. The van der Waals surface area contributed by atoms with Crippen molar-refractivity contribution < 1.29 is 23.5 Å². The predicted molar refractivity (Wildman–Crippen MR) is 167 cm³/mol. The first kappa shape index (κ1) is 27.7. The molecule has 1 aromatic heterocycles. The van der Waals surface area contributed by atoms with Crippen LogP contribution in [0.3, 0.4) is 0 Å². The van der Waals surface area contributed by atoms with Crippen LogP contribution in [-0.4, -0.2) is 37.5 Å². The van der Waals surface area contributed by atoms with Crippen molar-refractivity contribution in [2.45, 2.75) is 18.5 Å². The van der Waals surface area contributed by atoms with Crippen molar-refractivity contribution in [1.29, 1.82) is 0 Å². The molecule has 0 aliphatic carbocycles. The van der Waals surface area contributed by atoms with Crippen LogP contribution in [0.15, 0.2) is 100 Å². The summed E-state index contributed by atoms with van der Waals surface area (Å²) in [7, 11) is 3.12. The summed E-state index contributed by atoms with van der Waals surface area (Å²) in [5, 5.41) is 0.890. The molecule has 1 atom stereocenters. The maximum Gasteiger partial charge on any atom is 0.291 e. The highest BCUT2D eigenvalue weighted by Gasteiger charge is 2.64. The molecule has 2 aliphatic rings. The van der Waals surface area contributed by atoms with E-state index >= 15 is 0 Å². The number of carbonyl (C=O) groups is 2. The molecule has 220 valence electrons. The highest BCUT2D eigenvalue weighted by molar-refractivity contribution is 6.30. The van der Waals surface area contributed by atoms with Gasteiger partial charge < -0.3 is 23.7 Å². The van der Waals surface area contributed by atoms with Gasteiger partial charge in [-0.25, -0.2) is 0 Å². The zero-order valence-electron chi connectivity index (χ0n) is 24.0. The molecule has 0 saturated carbocycles. The van der Waals surface area contributed by atoms with Gasteiger partial charge >= 0.3 is 0 Å². The van der Waals surface area contributed by atoms with Gasteiger partial charge in [-0.15, -0.1) is 0 Å². The molecule has 0 N–H and O–H groups in total. The van der Waals surface area contributed by atoms with Crippen molar-refractivity contribution in [3.8, 4) is 11.5 Å². The number of hydrogen-bond acceptors (Lipinski definition) is 6. The van der Waals surface area contributed by atoms with E-state index < -0.39 is 22.8 Å². The maximum atomic E-state index is 14.9. The number of benzene rings is 4. The molecule has 0 fully saturated rings. The second-order valence-corrected chi connectivity index (χ2v) is 11.2. The summed E-state index contributed by atoms with van der Waals surface area (Å²) in [6, 6.07) is 26.9. The number of amides is 2. The molecule has 1 spiro atoms. The summed E-state index contributed by atoms with van der Waals surface area (Å²) in [6.45, 7) is 0.351. The fourth-order valence-corrected chi connectivity index (χ4v) is 6.57. The van der Waals surface area contributed by atoms with Gasteiger partial charge in [0.15, 0.2) is 22.5 Å². The Bertz CT molecular complexity index is 2020. The van der Waals surface area contributed by atoms with Crippen molar-refractivity contribution >= 4 is 40.1 Å². The third-order valence-electron chi connectivity index (χ3n) is 8.47. The number of hydrogen-bond donors (Lipinski definition) is 0. The van der Waals surface area contributed by atoms with Crippen LogP contribution in [0.1, 0.15) is 32.8 Å². The van der Waals surface area contributed by atoms with Crippen LogP contribution in [-0.2, 0) is 23.3 Å². The molecule has 1 unspecified atom stereocenters. The number of carbonyl (C=O) groups excluding carboxylic acids is 2. The minimum atomic E-state index is -1.71. The van der Waals surface area contributed by atoms with E-state index in [1.54, 1.807) is 61.6 Å². The molecule has 0 saturated heterocycles. The van der Waals surface area contributed by atoms with Gasteiger partial charge in [-0.2, -0.15) is 0 Å². The Labute approximate surface area is 258 Å². The van der Waals surface area contributed by atoms with E-state index in [1.807, 2.05) is 48.5 Å². The van der Waals surface area contributed by atoms with Crippen molar-refractivity contribution in [1.82, 2.24) is 4.90 Å². The fraction of sp³-hybridized carbons (Fsp3) is 0.171. The molecule has 3 heterocycles. The highest BCUT2D eigenvalue weighted by Crippen LogP contribution is 2.53. The number of nitrogens with zero attached hydrogens (tertiary/aromatic N) is 2. The maximum absolute atomic E-state index is 14.9. The molecule has 2 amide bonds. The SMILES string of the molecule is COc1ccc(CCN2C(=O)c3oc4ccccc4c(=O)c3C23C(=O)N(Cc2ccc(Cl)cc2)c2ccccc23)cc1OC.